The highest BCUT2D eigenvalue weighted by Crippen LogP contribution is 2.43. The monoisotopic (exact) mass is 440 g/mol. The van der Waals surface area contributed by atoms with E-state index in [9.17, 15) is 0 Å². The largest absolute Gasteiger partial charge is 0.361 e. The lowest BCUT2D eigenvalue weighted by Gasteiger charge is -2.21. The number of aromatic nitrogens is 9. The van der Waals surface area contributed by atoms with Crippen LogP contribution < -0.4 is 5.32 Å². The van der Waals surface area contributed by atoms with Crippen LogP contribution in [0.5, 0.6) is 0 Å². The van der Waals surface area contributed by atoms with E-state index in [2.05, 4.69) is 56.9 Å². The average molecular weight is 441 g/mol. The molecular formula is C23H24N10. The number of rotatable bonds is 7. The standard InChI is InChI=1S/C23H24N10/c1-3-14(2)33-21-19(12-26-33)27-23(32-13-25-30-31-32)29-22(21)28-20(15-8-9-15)17-10-16-6-4-5-7-18(16)24-11-17/h4-7,10-15,20H,3,8-9H2,1-2H3,(H,27,28,29)/t14-,20-/m1/s1. The van der Waals surface area contributed by atoms with E-state index in [4.69, 9.17) is 9.97 Å². The van der Waals surface area contributed by atoms with Gasteiger partial charge in [0, 0.05) is 17.6 Å². The molecule has 1 fully saturated rings. The SMILES string of the molecule is CC[C@@H](C)n1ncc2nc(-n3cnnn3)nc(N[C@@H](c3cnc4ccccc4c3)C3CC3)c21. The van der Waals surface area contributed by atoms with Crippen molar-refractivity contribution in [2.45, 2.75) is 45.2 Å². The van der Waals surface area contributed by atoms with Gasteiger partial charge in [0.05, 0.1) is 17.8 Å². The molecule has 0 bridgehead atoms. The van der Waals surface area contributed by atoms with Crippen molar-refractivity contribution in [1.29, 1.82) is 0 Å². The maximum absolute atomic E-state index is 4.85. The second-order valence-electron chi connectivity index (χ2n) is 8.63. The number of fused-ring (bicyclic) bond motifs is 2. The van der Waals surface area contributed by atoms with Crippen molar-refractivity contribution >= 4 is 27.8 Å². The van der Waals surface area contributed by atoms with E-state index in [0.717, 1.165) is 39.7 Å². The number of tetrazole rings is 1. The summed E-state index contributed by atoms with van der Waals surface area (Å²) in [7, 11) is 0. The van der Waals surface area contributed by atoms with Crippen molar-refractivity contribution in [2.24, 2.45) is 5.92 Å². The van der Waals surface area contributed by atoms with Gasteiger partial charge >= 0.3 is 0 Å². The first-order valence-corrected chi connectivity index (χ1v) is 11.3. The molecule has 1 aliphatic rings. The van der Waals surface area contributed by atoms with Crippen LogP contribution in [0.25, 0.3) is 27.9 Å². The number of nitrogens with zero attached hydrogens (tertiary/aromatic N) is 9. The summed E-state index contributed by atoms with van der Waals surface area (Å²) in [5.41, 5.74) is 3.79. The lowest BCUT2D eigenvalue weighted by Crippen LogP contribution is -2.17. The number of nitrogens with one attached hydrogen (secondary N) is 1. The summed E-state index contributed by atoms with van der Waals surface area (Å²) >= 11 is 0. The van der Waals surface area contributed by atoms with Crippen LogP contribution in [0.15, 0.2) is 49.1 Å². The molecule has 0 amide bonds. The minimum absolute atomic E-state index is 0.0854. The maximum atomic E-state index is 4.85. The zero-order chi connectivity index (χ0) is 22.4. The molecule has 0 saturated heterocycles. The lowest BCUT2D eigenvalue weighted by molar-refractivity contribution is 0.492. The molecule has 33 heavy (non-hydrogen) atoms. The van der Waals surface area contributed by atoms with Crippen molar-refractivity contribution in [2.75, 3.05) is 5.32 Å². The Balaban J connectivity index is 1.48. The van der Waals surface area contributed by atoms with E-state index >= 15 is 0 Å². The highest BCUT2D eigenvalue weighted by Gasteiger charge is 2.34. The third-order valence-electron chi connectivity index (χ3n) is 6.35. The first-order chi connectivity index (χ1) is 16.2. The molecule has 1 aliphatic carbocycles. The van der Waals surface area contributed by atoms with Crippen LogP contribution in [0.4, 0.5) is 5.82 Å². The number of hydrogen-bond donors (Lipinski definition) is 1. The van der Waals surface area contributed by atoms with Gasteiger partial charge in [-0.1, -0.05) is 25.1 Å². The highest BCUT2D eigenvalue weighted by atomic mass is 15.6. The van der Waals surface area contributed by atoms with Gasteiger partial charge in [-0.3, -0.25) is 9.67 Å². The normalized spacial score (nSPS) is 15.7. The predicted molar refractivity (Wildman–Crippen MR) is 124 cm³/mol. The van der Waals surface area contributed by atoms with Gasteiger partial charge in [-0.25, -0.2) is 4.98 Å². The van der Waals surface area contributed by atoms with Gasteiger partial charge in [0.15, 0.2) is 5.82 Å². The zero-order valence-electron chi connectivity index (χ0n) is 18.5. The fourth-order valence-corrected chi connectivity index (χ4v) is 4.22. The minimum atomic E-state index is 0.0854. The molecule has 0 aliphatic heterocycles. The molecule has 0 unspecified atom stereocenters. The van der Waals surface area contributed by atoms with Crippen molar-refractivity contribution in [1.82, 2.24) is 44.9 Å². The van der Waals surface area contributed by atoms with Gasteiger partial charge in [-0.15, -0.1) is 5.10 Å². The summed E-state index contributed by atoms with van der Waals surface area (Å²) in [5.74, 6) is 1.66. The first-order valence-electron chi connectivity index (χ1n) is 11.3. The van der Waals surface area contributed by atoms with E-state index in [1.807, 2.05) is 29.1 Å². The Hall–Kier alpha value is -3.95. The van der Waals surface area contributed by atoms with Gasteiger partial charge in [0.2, 0.25) is 0 Å². The van der Waals surface area contributed by atoms with Crippen molar-refractivity contribution in [3.8, 4) is 5.95 Å². The second kappa shape index (κ2) is 7.88. The van der Waals surface area contributed by atoms with Gasteiger partial charge in [0.1, 0.15) is 17.4 Å². The first kappa shape index (κ1) is 19.7. The van der Waals surface area contributed by atoms with E-state index in [0.29, 0.717) is 11.9 Å². The summed E-state index contributed by atoms with van der Waals surface area (Å²) in [4.78, 5) is 14.2. The number of pyridine rings is 1. The summed E-state index contributed by atoms with van der Waals surface area (Å²) in [6, 6.07) is 10.7. The second-order valence-corrected chi connectivity index (χ2v) is 8.63. The molecule has 4 aromatic heterocycles. The quantitative estimate of drug-likeness (QED) is 0.406. The van der Waals surface area contributed by atoms with E-state index < -0.39 is 0 Å². The van der Waals surface area contributed by atoms with E-state index in [-0.39, 0.29) is 12.1 Å². The Morgan fingerprint density at radius 3 is 2.79 bits per heavy atom. The zero-order valence-corrected chi connectivity index (χ0v) is 18.5. The smallest absolute Gasteiger partial charge is 0.256 e. The Morgan fingerprint density at radius 1 is 1.12 bits per heavy atom. The number of anilines is 1. The summed E-state index contributed by atoms with van der Waals surface area (Å²) in [6.07, 6.45) is 8.55. The van der Waals surface area contributed by atoms with Gasteiger partial charge in [-0.05, 0) is 60.2 Å². The summed E-state index contributed by atoms with van der Waals surface area (Å²) < 4.78 is 3.47. The summed E-state index contributed by atoms with van der Waals surface area (Å²) in [6.45, 7) is 4.30. The Kier molecular flexibility index (Phi) is 4.70. The van der Waals surface area contributed by atoms with Crippen LogP contribution >= 0.6 is 0 Å². The Bertz CT molecular complexity index is 1420. The summed E-state index contributed by atoms with van der Waals surface area (Å²) in [5, 5.41) is 20.9. The molecule has 0 spiro atoms. The third kappa shape index (κ3) is 3.57. The molecule has 10 heteroatoms. The predicted octanol–water partition coefficient (Wildman–Crippen LogP) is 3.88. The van der Waals surface area contributed by atoms with Gasteiger partial charge < -0.3 is 5.32 Å². The van der Waals surface area contributed by atoms with Crippen LogP contribution in [0.1, 0.15) is 50.8 Å². The fraction of sp³-hybridized carbons (Fsp3) is 0.348. The molecule has 1 N–H and O–H groups in total. The molecule has 1 aromatic carbocycles. The van der Waals surface area contributed by atoms with Crippen LogP contribution in [0.2, 0.25) is 0 Å². The van der Waals surface area contributed by atoms with Crippen molar-refractivity contribution in [3.63, 3.8) is 0 Å². The molecule has 4 heterocycles. The minimum Gasteiger partial charge on any atom is -0.361 e. The molecule has 1 saturated carbocycles. The average Bonchev–Trinajstić information content (AvgIpc) is 3.36. The molecule has 166 valence electrons. The van der Waals surface area contributed by atoms with Crippen LogP contribution in [-0.4, -0.2) is 44.9 Å². The highest BCUT2D eigenvalue weighted by molar-refractivity contribution is 5.86. The van der Waals surface area contributed by atoms with E-state index in [1.54, 1.807) is 6.20 Å². The Labute approximate surface area is 190 Å². The van der Waals surface area contributed by atoms with Crippen molar-refractivity contribution in [3.05, 3.63) is 54.6 Å². The van der Waals surface area contributed by atoms with Crippen LogP contribution in [0.3, 0.4) is 0 Å². The molecule has 5 aromatic rings. The molecule has 6 rings (SSSR count). The fourth-order valence-electron chi connectivity index (χ4n) is 4.22. The topological polar surface area (TPSA) is 112 Å². The maximum Gasteiger partial charge on any atom is 0.256 e. The number of para-hydroxylation sites is 1. The van der Waals surface area contributed by atoms with Crippen molar-refractivity contribution < 1.29 is 0 Å². The molecule has 10 nitrogen and oxygen atoms in total. The molecule has 2 atom stereocenters. The molecular weight excluding hydrogens is 416 g/mol. The van der Waals surface area contributed by atoms with Crippen LogP contribution in [0, 0.1) is 5.92 Å². The van der Waals surface area contributed by atoms with E-state index in [1.165, 1.54) is 23.9 Å². The third-order valence-corrected chi connectivity index (χ3v) is 6.35. The lowest BCUT2D eigenvalue weighted by atomic mass is 10.0. The van der Waals surface area contributed by atoms with Crippen LogP contribution in [-0.2, 0) is 0 Å². The van der Waals surface area contributed by atoms with Gasteiger partial charge in [0.25, 0.3) is 5.95 Å². The van der Waals surface area contributed by atoms with Gasteiger partial charge in [-0.2, -0.15) is 14.8 Å². The number of benzene rings is 1. The molecule has 0 radical (unpaired) electrons. The number of hydrogen-bond acceptors (Lipinski definition) is 8. The Morgan fingerprint density at radius 2 is 2.00 bits per heavy atom.